The fourth-order valence-electron chi connectivity index (χ4n) is 0.678. The van der Waals surface area contributed by atoms with E-state index in [0.29, 0.717) is 11.3 Å². The van der Waals surface area contributed by atoms with Crippen LogP contribution in [-0.2, 0) is 0 Å². The average Bonchev–Trinajstić information content (AvgIpc) is 2.05. The summed E-state index contributed by atoms with van der Waals surface area (Å²) in [5, 5.41) is 11.2. The van der Waals surface area contributed by atoms with Crippen molar-refractivity contribution in [3.8, 4) is 0 Å². The Kier molecular flexibility index (Phi) is 2.33. The van der Waals surface area contributed by atoms with Gasteiger partial charge in [0, 0.05) is 11.3 Å². The number of benzene rings is 1. The molecule has 0 heterocycles. The summed E-state index contributed by atoms with van der Waals surface area (Å²) >= 11 is 5.50. The molecule has 0 saturated heterocycles. The van der Waals surface area contributed by atoms with Gasteiger partial charge in [0.05, 0.1) is 0 Å². The fraction of sp³-hybridized carbons (Fsp3) is 0. The molecule has 0 fully saturated rings. The molecule has 0 amide bonds. The van der Waals surface area contributed by atoms with Crippen LogP contribution >= 0.6 is 11.6 Å². The largest absolute Gasteiger partial charge is 0.410 e. The van der Waals surface area contributed by atoms with Crippen molar-refractivity contribution in [2.24, 2.45) is 5.16 Å². The summed E-state index contributed by atoms with van der Waals surface area (Å²) in [6, 6.07) is 6.72. The maximum absolute atomic E-state index is 8.28. The summed E-state index contributed by atoms with van der Waals surface area (Å²) in [5.74, 6) is 0. The molecule has 1 rings (SSSR count). The summed E-state index contributed by atoms with van der Waals surface area (Å²) in [6.45, 7) is 0. The SMILES string of the molecule is Nc1ccc(C(Cl)=NO)cc1. The van der Waals surface area contributed by atoms with Gasteiger partial charge in [0.15, 0.2) is 5.17 Å². The van der Waals surface area contributed by atoms with Gasteiger partial charge < -0.3 is 10.9 Å². The molecule has 0 unspecified atom stereocenters. The van der Waals surface area contributed by atoms with E-state index in [-0.39, 0.29) is 5.17 Å². The average molecular weight is 171 g/mol. The summed E-state index contributed by atoms with van der Waals surface area (Å²) < 4.78 is 0. The highest BCUT2D eigenvalue weighted by Crippen LogP contribution is 2.08. The number of oxime groups is 1. The Morgan fingerprint density at radius 3 is 2.36 bits per heavy atom. The Morgan fingerprint density at radius 1 is 1.36 bits per heavy atom. The van der Waals surface area contributed by atoms with Gasteiger partial charge in [-0.05, 0) is 24.3 Å². The molecule has 58 valence electrons. The zero-order chi connectivity index (χ0) is 8.27. The second kappa shape index (κ2) is 3.25. The van der Waals surface area contributed by atoms with E-state index in [9.17, 15) is 0 Å². The highest BCUT2D eigenvalue weighted by molar-refractivity contribution is 6.69. The Labute approximate surface area is 69.1 Å². The van der Waals surface area contributed by atoms with Crippen molar-refractivity contribution in [1.29, 1.82) is 0 Å². The molecule has 4 heteroatoms. The highest BCUT2D eigenvalue weighted by atomic mass is 35.5. The molecule has 0 spiro atoms. The van der Waals surface area contributed by atoms with Gasteiger partial charge in [-0.25, -0.2) is 0 Å². The molecular weight excluding hydrogens is 164 g/mol. The zero-order valence-corrected chi connectivity index (χ0v) is 6.42. The van der Waals surface area contributed by atoms with E-state index in [1.54, 1.807) is 24.3 Å². The molecule has 1 aromatic carbocycles. The molecule has 3 N–H and O–H groups in total. The minimum Gasteiger partial charge on any atom is -0.410 e. The van der Waals surface area contributed by atoms with Gasteiger partial charge in [-0.3, -0.25) is 0 Å². The monoisotopic (exact) mass is 170 g/mol. The van der Waals surface area contributed by atoms with Gasteiger partial charge in [-0.15, -0.1) is 0 Å². The smallest absolute Gasteiger partial charge is 0.175 e. The number of nitrogens with zero attached hydrogens (tertiary/aromatic N) is 1. The Balaban J connectivity index is 2.99. The van der Waals surface area contributed by atoms with Crippen LogP contribution in [0.5, 0.6) is 0 Å². The van der Waals surface area contributed by atoms with Crippen LogP contribution in [0, 0.1) is 0 Å². The zero-order valence-electron chi connectivity index (χ0n) is 5.66. The van der Waals surface area contributed by atoms with Gasteiger partial charge in [-0.1, -0.05) is 16.8 Å². The number of rotatable bonds is 1. The first-order chi connectivity index (χ1) is 5.24. The number of halogens is 1. The van der Waals surface area contributed by atoms with E-state index in [2.05, 4.69) is 5.16 Å². The number of anilines is 1. The summed E-state index contributed by atoms with van der Waals surface area (Å²) in [7, 11) is 0. The van der Waals surface area contributed by atoms with Gasteiger partial charge >= 0.3 is 0 Å². The number of hydrogen-bond donors (Lipinski definition) is 2. The lowest BCUT2D eigenvalue weighted by atomic mass is 10.2. The Hall–Kier alpha value is -1.22. The predicted octanol–water partition coefficient (Wildman–Crippen LogP) is 1.64. The van der Waals surface area contributed by atoms with E-state index in [4.69, 9.17) is 22.5 Å². The van der Waals surface area contributed by atoms with E-state index in [1.165, 1.54) is 0 Å². The predicted molar refractivity (Wildman–Crippen MR) is 45.0 cm³/mol. The second-order valence-electron chi connectivity index (χ2n) is 2.01. The molecule has 1 aromatic rings. The summed E-state index contributed by atoms with van der Waals surface area (Å²) in [4.78, 5) is 0. The van der Waals surface area contributed by atoms with Crippen LogP contribution in [-0.4, -0.2) is 10.4 Å². The van der Waals surface area contributed by atoms with Crippen LogP contribution in [0.4, 0.5) is 5.69 Å². The van der Waals surface area contributed by atoms with Crippen LogP contribution in [0.2, 0.25) is 0 Å². The third-order valence-corrected chi connectivity index (χ3v) is 1.53. The van der Waals surface area contributed by atoms with Crippen molar-refractivity contribution in [2.45, 2.75) is 0 Å². The molecule has 0 radical (unpaired) electrons. The molecule has 11 heavy (non-hydrogen) atoms. The van der Waals surface area contributed by atoms with E-state index in [1.807, 2.05) is 0 Å². The number of nitrogens with two attached hydrogens (primary N) is 1. The van der Waals surface area contributed by atoms with Crippen LogP contribution in [0.3, 0.4) is 0 Å². The molecule has 0 bridgehead atoms. The van der Waals surface area contributed by atoms with Crippen LogP contribution in [0.15, 0.2) is 29.4 Å². The van der Waals surface area contributed by atoms with Crippen molar-refractivity contribution in [3.63, 3.8) is 0 Å². The third-order valence-electron chi connectivity index (χ3n) is 1.24. The van der Waals surface area contributed by atoms with Crippen LogP contribution in [0.25, 0.3) is 0 Å². The maximum atomic E-state index is 8.28. The summed E-state index contributed by atoms with van der Waals surface area (Å²) in [5.41, 5.74) is 6.71. The Morgan fingerprint density at radius 2 is 1.91 bits per heavy atom. The van der Waals surface area contributed by atoms with Crippen molar-refractivity contribution < 1.29 is 5.21 Å². The standard InChI is InChI=1S/C7H7ClN2O/c8-7(10-11)5-1-3-6(9)4-2-5/h1-4,11H,9H2. The first-order valence-corrected chi connectivity index (χ1v) is 3.35. The van der Waals surface area contributed by atoms with Crippen LogP contribution < -0.4 is 5.73 Å². The quantitative estimate of drug-likeness (QED) is 0.291. The van der Waals surface area contributed by atoms with Gasteiger partial charge in [0.1, 0.15) is 0 Å². The maximum Gasteiger partial charge on any atom is 0.175 e. The van der Waals surface area contributed by atoms with E-state index < -0.39 is 0 Å². The van der Waals surface area contributed by atoms with Crippen molar-refractivity contribution in [2.75, 3.05) is 5.73 Å². The topological polar surface area (TPSA) is 58.6 Å². The Bertz CT molecular complexity index is 268. The first-order valence-electron chi connectivity index (χ1n) is 2.97. The molecule has 0 aromatic heterocycles. The van der Waals surface area contributed by atoms with Crippen molar-refractivity contribution in [1.82, 2.24) is 0 Å². The molecule has 3 nitrogen and oxygen atoms in total. The first kappa shape index (κ1) is 7.88. The number of hydrogen-bond acceptors (Lipinski definition) is 3. The van der Waals surface area contributed by atoms with Crippen molar-refractivity contribution in [3.05, 3.63) is 29.8 Å². The van der Waals surface area contributed by atoms with Gasteiger partial charge in [-0.2, -0.15) is 0 Å². The minimum absolute atomic E-state index is 0.0602. The van der Waals surface area contributed by atoms with Gasteiger partial charge in [0.25, 0.3) is 0 Å². The minimum atomic E-state index is 0.0602. The molecule has 0 aliphatic heterocycles. The molecule has 0 saturated carbocycles. The van der Waals surface area contributed by atoms with Crippen molar-refractivity contribution >= 4 is 22.5 Å². The second-order valence-corrected chi connectivity index (χ2v) is 2.37. The lowest BCUT2D eigenvalue weighted by Crippen LogP contribution is -1.91. The van der Waals surface area contributed by atoms with Gasteiger partial charge in [0.2, 0.25) is 0 Å². The molecule has 0 aliphatic carbocycles. The van der Waals surface area contributed by atoms with E-state index in [0.717, 1.165) is 0 Å². The molecule has 0 aliphatic rings. The number of nitrogen functional groups attached to an aromatic ring is 1. The molecule has 0 atom stereocenters. The van der Waals surface area contributed by atoms with E-state index >= 15 is 0 Å². The lowest BCUT2D eigenvalue weighted by Gasteiger charge is -1.95. The summed E-state index contributed by atoms with van der Waals surface area (Å²) in [6.07, 6.45) is 0. The van der Waals surface area contributed by atoms with Crippen LogP contribution in [0.1, 0.15) is 5.56 Å². The fourth-order valence-corrected chi connectivity index (χ4v) is 0.804. The normalized spacial score (nSPS) is 11.5. The lowest BCUT2D eigenvalue weighted by molar-refractivity contribution is 0.321. The highest BCUT2D eigenvalue weighted by Gasteiger charge is 1.97. The third kappa shape index (κ3) is 1.85. The molecular formula is C7H7ClN2O.